The summed E-state index contributed by atoms with van der Waals surface area (Å²) in [5.41, 5.74) is 3.60. The molecule has 5 heteroatoms. The standard InChI is InChI=1S/C15H15ClN2O2/c1-10(2)5-15(20-9-19)13-4-3-12(16)6-14(13)11-7-17-18-8-11/h3-4,6-9,15H,1,5H2,2H3,(H,17,18). The summed E-state index contributed by atoms with van der Waals surface area (Å²) >= 11 is 6.06. The van der Waals surface area contributed by atoms with Gasteiger partial charge in [0.15, 0.2) is 0 Å². The molecule has 0 aliphatic rings. The lowest BCUT2D eigenvalue weighted by Gasteiger charge is -2.19. The maximum atomic E-state index is 10.7. The Morgan fingerprint density at radius 2 is 2.40 bits per heavy atom. The van der Waals surface area contributed by atoms with E-state index < -0.39 is 0 Å². The maximum absolute atomic E-state index is 10.7. The summed E-state index contributed by atoms with van der Waals surface area (Å²) in [6.45, 7) is 6.23. The van der Waals surface area contributed by atoms with Gasteiger partial charge in [-0.3, -0.25) is 9.89 Å². The minimum atomic E-state index is -0.382. The van der Waals surface area contributed by atoms with E-state index in [4.69, 9.17) is 16.3 Å². The molecular weight excluding hydrogens is 276 g/mol. The lowest BCUT2D eigenvalue weighted by molar-refractivity contribution is -0.133. The number of rotatable bonds is 6. The molecule has 0 fully saturated rings. The van der Waals surface area contributed by atoms with Gasteiger partial charge in [-0.05, 0) is 24.6 Å². The molecule has 0 aliphatic heterocycles. The molecule has 1 aromatic heterocycles. The SMILES string of the molecule is C=C(C)CC(OC=O)c1ccc(Cl)cc1-c1cn[nH]c1. The summed E-state index contributed by atoms with van der Waals surface area (Å²) in [4.78, 5) is 10.7. The molecule has 2 aromatic rings. The fourth-order valence-electron chi connectivity index (χ4n) is 2.07. The molecule has 0 amide bonds. The van der Waals surface area contributed by atoms with Crippen molar-refractivity contribution in [2.24, 2.45) is 0 Å². The summed E-state index contributed by atoms with van der Waals surface area (Å²) in [5.74, 6) is 0. The average Bonchev–Trinajstić information content (AvgIpc) is 2.91. The van der Waals surface area contributed by atoms with E-state index in [-0.39, 0.29) is 6.10 Å². The number of halogens is 1. The molecule has 4 nitrogen and oxygen atoms in total. The normalized spacial score (nSPS) is 11.9. The topological polar surface area (TPSA) is 55.0 Å². The van der Waals surface area contributed by atoms with Crippen LogP contribution in [0.2, 0.25) is 5.02 Å². The van der Waals surface area contributed by atoms with Crippen LogP contribution in [0.3, 0.4) is 0 Å². The second-order valence-electron chi connectivity index (χ2n) is 4.60. The van der Waals surface area contributed by atoms with Crippen molar-refractivity contribution in [2.75, 3.05) is 0 Å². The molecule has 104 valence electrons. The summed E-state index contributed by atoms with van der Waals surface area (Å²) in [7, 11) is 0. The van der Waals surface area contributed by atoms with Gasteiger partial charge in [0, 0.05) is 28.8 Å². The average molecular weight is 291 g/mol. The fraction of sp³-hybridized carbons (Fsp3) is 0.200. The molecule has 0 radical (unpaired) electrons. The van der Waals surface area contributed by atoms with Gasteiger partial charge in [0.2, 0.25) is 0 Å². The molecule has 1 atom stereocenters. The molecule has 2 rings (SSSR count). The molecule has 20 heavy (non-hydrogen) atoms. The third-order valence-corrected chi connectivity index (χ3v) is 3.16. The molecule has 0 saturated carbocycles. The number of ether oxygens (including phenoxy) is 1. The summed E-state index contributed by atoms with van der Waals surface area (Å²) < 4.78 is 5.20. The van der Waals surface area contributed by atoms with Gasteiger partial charge >= 0.3 is 0 Å². The number of H-pyrrole nitrogens is 1. The minimum Gasteiger partial charge on any atom is -0.459 e. The van der Waals surface area contributed by atoms with Crippen LogP contribution in [0.1, 0.15) is 25.0 Å². The van der Waals surface area contributed by atoms with Crippen LogP contribution in [-0.2, 0) is 9.53 Å². The van der Waals surface area contributed by atoms with Gasteiger partial charge in [0.05, 0.1) is 6.20 Å². The fourth-order valence-corrected chi connectivity index (χ4v) is 2.24. The Morgan fingerprint density at radius 3 is 3.00 bits per heavy atom. The first kappa shape index (κ1) is 14.3. The third kappa shape index (κ3) is 3.27. The largest absolute Gasteiger partial charge is 0.459 e. The van der Waals surface area contributed by atoms with Gasteiger partial charge < -0.3 is 4.74 Å². The lowest BCUT2D eigenvalue weighted by atomic mass is 9.95. The zero-order chi connectivity index (χ0) is 14.5. The van der Waals surface area contributed by atoms with Crippen molar-refractivity contribution in [3.63, 3.8) is 0 Å². The molecule has 1 heterocycles. The van der Waals surface area contributed by atoms with Gasteiger partial charge in [0.1, 0.15) is 6.10 Å². The van der Waals surface area contributed by atoms with Crippen molar-refractivity contribution in [1.82, 2.24) is 10.2 Å². The summed E-state index contributed by atoms with van der Waals surface area (Å²) in [6, 6.07) is 5.48. The predicted octanol–water partition coefficient (Wildman–Crippen LogP) is 3.91. The van der Waals surface area contributed by atoms with E-state index in [2.05, 4.69) is 16.8 Å². The molecular formula is C15H15ClN2O2. The quantitative estimate of drug-likeness (QED) is 0.648. The minimum absolute atomic E-state index is 0.382. The number of aromatic amines is 1. The molecule has 0 aliphatic carbocycles. The second-order valence-corrected chi connectivity index (χ2v) is 5.04. The first-order valence-corrected chi connectivity index (χ1v) is 6.51. The first-order chi connectivity index (χ1) is 9.61. The van der Waals surface area contributed by atoms with E-state index in [1.54, 1.807) is 18.5 Å². The Bertz CT molecular complexity index is 608. The third-order valence-electron chi connectivity index (χ3n) is 2.93. The second kappa shape index (κ2) is 6.39. The van der Waals surface area contributed by atoms with Gasteiger partial charge in [-0.1, -0.05) is 29.8 Å². The monoisotopic (exact) mass is 290 g/mol. The number of benzene rings is 1. The molecule has 0 saturated heterocycles. The van der Waals surface area contributed by atoms with Crippen LogP contribution in [0.5, 0.6) is 0 Å². The molecule has 0 spiro atoms. The smallest absolute Gasteiger partial charge is 0.293 e. The van der Waals surface area contributed by atoms with Gasteiger partial charge in [-0.25, -0.2) is 0 Å². The zero-order valence-corrected chi connectivity index (χ0v) is 11.9. The Balaban J connectivity index is 2.48. The Hall–Kier alpha value is -2.07. The number of nitrogens with one attached hydrogen (secondary N) is 1. The van der Waals surface area contributed by atoms with Crippen LogP contribution in [0, 0.1) is 0 Å². The summed E-state index contributed by atoms with van der Waals surface area (Å²) in [6.07, 6.45) is 3.65. The number of carbonyl (C=O) groups excluding carboxylic acids is 1. The molecule has 1 N–H and O–H groups in total. The lowest BCUT2D eigenvalue weighted by Crippen LogP contribution is -2.05. The first-order valence-electron chi connectivity index (χ1n) is 6.14. The van der Waals surface area contributed by atoms with Crippen molar-refractivity contribution in [2.45, 2.75) is 19.4 Å². The van der Waals surface area contributed by atoms with E-state index in [9.17, 15) is 4.79 Å². The van der Waals surface area contributed by atoms with Crippen LogP contribution in [0.15, 0.2) is 42.7 Å². The zero-order valence-electron chi connectivity index (χ0n) is 11.1. The highest BCUT2D eigenvalue weighted by atomic mass is 35.5. The Morgan fingerprint density at radius 1 is 1.60 bits per heavy atom. The summed E-state index contributed by atoms with van der Waals surface area (Å²) in [5, 5.41) is 7.32. The van der Waals surface area contributed by atoms with E-state index in [0.29, 0.717) is 17.9 Å². The van der Waals surface area contributed by atoms with Crippen LogP contribution in [0.25, 0.3) is 11.1 Å². The van der Waals surface area contributed by atoms with Crippen LogP contribution >= 0.6 is 11.6 Å². The Labute approximate surface area is 122 Å². The van der Waals surface area contributed by atoms with Crippen LogP contribution < -0.4 is 0 Å². The van der Waals surface area contributed by atoms with Crippen molar-refractivity contribution in [3.05, 3.63) is 53.3 Å². The van der Waals surface area contributed by atoms with Crippen molar-refractivity contribution < 1.29 is 9.53 Å². The number of hydrogen-bond acceptors (Lipinski definition) is 3. The van der Waals surface area contributed by atoms with E-state index in [1.165, 1.54) is 0 Å². The van der Waals surface area contributed by atoms with Crippen LogP contribution in [-0.4, -0.2) is 16.7 Å². The van der Waals surface area contributed by atoms with Crippen molar-refractivity contribution >= 4 is 18.1 Å². The Kier molecular flexibility index (Phi) is 4.58. The van der Waals surface area contributed by atoms with Gasteiger partial charge in [0.25, 0.3) is 6.47 Å². The van der Waals surface area contributed by atoms with Crippen molar-refractivity contribution in [3.8, 4) is 11.1 Å². The van der Waals surface area contributed by atoms with Crippen molar-refractivity contribution in [1.29, 1.82) is 0 Å². The molecule has 1 unspecified atom stereocenters. The molecule has 0 bridgehead atoms. The van der Waals surface area contributed by atoms with Gasteiger partial charge in [-0.15, -0.1) is 0 Å². The van der Waals surface area contributed by atoms with E-state index in [0.717, 1.165) is 22.3 Å². The number of aromatic nitrogens is 2. The van der Waals surface area contributed by atoms with Gasteiger partial charge in [-0.2, -0.15) is 5.10 Å². The van der Waals surface area contributed by atoms with E-state index >= 15 is 0 Å². The number of carbonyl (C=O) groups is 1. The highest BCUT2D eigenvalue weighted by Crippen LogP contribution is 2.34. The predicted molar refractivity (Wildman–Crippen MR) is 78.4 cm³/mol. The highest BCUT2D eigenvalue weighted by Gasteiger charge is 2.18. The number of hydrogen-bond donors (Lipinski definition) is 1. The van der Waals surface area contributed by atoms with Crippen LogP contribution in [0.4, 0.5) is 0 Å². The number of nitrogens with zero attached hydrogens (tertiary/aromatic N) is 1. The van der Waals surface area contributed by atoms with E-state index in [1.807, 2.05) is 19.1 Å². The maximum Gasteiger partial charge on any atom is 0.293 e. The molecule has 1 aromatic carbocycles. The highest BCUT2D eigenvalue weighted by molar-refractivity contribution is 6.30.